The van der Waals surface area contributed by atoms with Crippen LogP contribution in [-0.2, 0) is 7.05 Å². The molecule has 0 aliphatic heterocycles. The molecule has 1 rings (SSSR count). The van der Waals surface area contributed by atoms with E-state index in [1.807, 2.05) is 32.2 Å². The second-order valence-electron chi connectivity index (χ2n) is 2.02. The third-order valence-electron chi connectivity index (χ3n) is 1.18. The second kappa shape index (κ2) is 2.88. The van der Waals surface area contributed by atoms with Crippen molar-refractivity contribution in [3.8, 4) is 0 Å². The van der Waals surface area contributed by atoms with Gasteiger partial charge in [0.2, 0.25) is 0 Å². The fraction of sp³-hybridized carbons (Fsp3) is 0.286. The Morgan fingerprint density at radius 2 is 2.40 bits per heavy atom. The lowest BCUT2D eigenvalue weighted by Crippen LogP contribution is -1.88. The lowest BCUT2D eigenvalue weighted by Gasteiger charge is -1.85. The van der Waals surface area contributed by atoms with Gasteiger partial charge < -0.3 is 0 Å². The van der Waals surface area contributed by atoms with Gasteiger partial charge in [-0.15, -0.1) is 0 Å². The summed E-state index contributed by atoms with van der Waals surface area (Å²) >= 11 is 5.73. The monoisotopic (exact) mass is 156 g/mol. The average molecular weight is 157 g/mol. The SMILES string of the molecule is C/C=C/c1cc(Cl)n(C)n1. The predicted molar refractivity (Wildman–Crippen MR) is 42.9 cm³/mol. The van der Waals surface area contributed by atoms with Gasteiger partial charge in [-0.05, 0) is 13.0 Å². The largest absolute Gasteiger partial charge is 0.256 e. The molecule has 3 heteroatoms. The van der Waals surface area contributed by atoms with Crippen LogP contribution in [0.2, 0.25) is 5.15 Å². The van der Waals surface area contributed by atoms with E-state index in [1.165, 1.54) is 0 Å². The summed E-state index contributed by atoms with van der Waals surface area (Å²) < 4.78 is 1.64. The van der Waals surface area contributed by atoms with E-state index >= 15 is 0 Å². The molecule has 0 aromatic carbocycles. The first-order valence-electron chi connectivity index (χ1n) is 3.06. The summed E-state index contributed by atoms with van der Waals surface area (Å²) in [6.45, 7) is 1.95. The molecule has 54 valence electrons. The highest BCUT2D eigenvalue weighted by Gasteiger charge is 1.96. The second-order valence-corrected chi connectivity index (χ2v) is 2.40. The summed E-state index contributed by atoms with van der Waals surface area (Å²) in [6.07, 6.45) is 3.84. The van der Waals surface area contributed by atoms with Crippen molar-refractivity contribution in [2.75, 3.05) is 0 Å². The third-order valence-corrected chi connectivity index (χ3v) is 1.53. The van der Waals surface area contributed by atoms with Gasteiger partial charge in [0.25, 0.3) is 0 Å². The Bertz CT molecular complexity index is 231. The lowest BCUT2D eigenvalue weighted by molar-refractivity contribution is 0.765. The van der Waals surface area contributed by atoms with Crippen LogP contribution in [0.4, 0.5) is 0 Å². The van der Waals surface area contributed by atoms with Gasteiger partial charge in [-0.3, -0.25) is 4.68 Å². The fourth-order valence-electron chi connectivity index (χ4n) is 0.717. The van der Waals surface area contributed by atoms with Crippen LogP contribution in [-0.4, -0.2) is 9.78 Å². The van der Waals surface area contributed by atoms with Crippen molar-refractivity contribution in [1.82, 2.24) is 9.78 Å². The van der Waals surface area contributed by atoms with E-state index in [1.54, 1.807) is 4.68 Å². The highest BCUT2D eigenvalue weighted by molar-refractivity contribution is 6.29. The molecule has 0 fully saturated rings. The first kappa shape index (κ1) is 7.35. The first-order chi connectivity index (χ1) is 4.74. The molecule has 0 N–H and O–H groups in total. The van der Waals surface area contributed by atoms with Crippen molar-refractivity contribution >= 4 is 17.7 Å². The normalized spacial score (nSPS) is 11.1. The zero-order valence-corrected chi connectivity index (χ0v) is 6.76. The summed E-state index contributed by atoms with van der Waals surface area (Å²) in [4.78, 5) is 0. The number of hydrogen-bond acceptors (Lipinski definition) is 1. The number of rotatable bonds is 1. The molecule has 0 bridgehead atoms. The predicted octanol–water partition coefficient (Wildman–Crippen LogP) is 2.11. The average Bonchev–Trinajstić information content (AvgIpc) is 2.14. The number of aromatic nitrogens is 2. The topological polar surface area (TPSA) is 17.8 Å². The van der Waals surface area contributed by atoms with Crippen molar-refractivity contribution in [3.63, 3.8) is 0 Å². The van der Waals surface area contributed by atoms with Gasteiger partial charge in [0, 0.05) is 13.1 Å². The van der Waals surface area contributed by atoms with Gasteiger partial charge in [0.1, 0.15) is 5.15 Å². The molecule has 0 spiro atoms. The van der Waals surface area contributed by atoms with E-state index in [-0.39, 0.29) is 0 Å². The Kier molecular flexibility index (Phi) is 2.12. The molecule has 0 unspecified atom stereocenters. The molecule has 0 radical (unpaired) electrons. The van der Waals surface area contributed by atoms with Crippen LogP contribution in [0.15, 0.2) is 12.1 Å². The molecule has 0 saturated carbocycles. The van der Waals surface area contributed by atoms with Gasteiger partial charge in [-0.25, -0.2) is 0 Å². The van der Waals surface area contributed by atoms with Gasteiger partial charge in [-0.1, -0.05) is 17.7 Å². The van der Waals surface area contributed by atoms with E-state index in [9.17, 15) is 0 Å². The molecule has 0 amide bonds. The molecule has 1 aromatic rings. The molecule has 1 heterocycles. The Balaban J connectivity index is 2.98. The highest BCUT2D eigenvalue weighted by Crippen LogP contribution is 2.09. The van der Waals surface area contributed by atoms with Crippen molar-refractivity contribution in [3.05, 3.63) is 23.0 Å². The van der Waals surface area contributed by atoms with E-state index in [0.29, 0.717) is 5.15 Å². The summed E-state index contributed by atoms with van der Waals surface area (Å²) in [5.74, 6) is 0. The lowest BCUT2D eigenvalue weighted by atomic mass is 10.4. The van der Waals surface area contributed by atoms with Gasteiger partial charge in [-0.2, -0.15) is 5.10 Å². The van der Waals surface area contributed by atoms with Crippen molar-refractivity contribution < 1.29 is 0 Å². The van der Waals surface area contributed by atoms with Crippen LogP contribution >= 0.6 is 11.6 Å². The maximum Gasteiger partial charge on any atom is 0.127 e. The quantitative estimate of drug-likeness (QED) is 0.609. The summed E-state index contributed by atoms with van der Waals surface area (Å²) in [5.41, 5.74) is 0.898. The molecule has 0 aliphatic rings. The molecular formula is C7H9ClN2. The standard InChI is InChI=1S/C7H9ClN2/c1-3-4-6-5-7(8)10(2)9-6/h3-5H,1-2H3/b4-3+. The molecule has 1 aromatic heterocycles. The molecule has 10 heavy (non-hydrogen) atoms. The van der Waals surface area contributed by atoms with Crippen LogP contribution in [0, 0.1) is 0 Å². The van der Waals surface area contributed by atoms with Crippen molar-refractivity contribution in [2.24, 2.45) is 7.05 Å². The van der Waals surface area contributed by atoms with E-state index in [4.69, 9.17) is 11.6 Å². The fourth-order valence-corrected chi connectivity index (χ4v) is 0.867. The first-order valence-corrected chi connectivity index (χ1v) is 3.44. The zero-order chi connectivity index (χ0) is 7.56. The Morgan fingerprint density at radius 3 is 2.80 bits per heavy atom. The third kappa shape index (κ3) is 1.39. The maximum absolute atomic E-state index is 5.73. The van der Waals surface area contributed by atoms with Crippen molar-refractivity contribution in [1.29, 1.82) is 0 Å². The molecular weight excluding hydrogens is 148 g/mol. The van der Waals surface area contributed by atoms with Gasteiger partial charge >= 0.3 is 0 Å². The van der Waals surface area contributed by atoms with Crippen LogP contribution in [0.3, 0.4) is 0 Å². The maximum atomic E-state index is 5.73. The van der Waals surface area contributed by atoms with E-state index in [0.717, 1.165) is 5.69 Å². The van der Waals surface area contributed by atoms with Gasteiger partial charge in [0.05, 0.1) is 5.69 Å². The molecule has 2 nitrogen and oxygen atoms in total. The molecule has 0 saturated heterocycles. The minimum atomic E-state index is 0.660. The number of allylic oxidation sites excluding steroid dienone is 1. The van der Waals surface area contributed by atoms with Gasteiger partial charge in [0.15, 0.2) is 0 Å². The Hall–Kier alpha value is -0.760. The highest BCUT2D eigenvalue weighted by atomic mass is 35.5. The Labute approximate surface area is 65.1 Å². The van der Waals surface area contributed by atoms with E-state index < -0.39 is 0 Å². The molecule has 0 atom stereocenters. The minimum absolute atomic E-state index is 0.660. The molecule has 0 aliphatic carbocycles. The van der Waals surface area contributed by atoms with Crippen molar-refractivity contribution in [2.45, 2.75) is 6.92 Å². The summed E-state index contributed by atoms with van der Waals surface area (Å²) in [7, 11) is 1.81. The number of nitrogens with zero attached hydrogens (tertiary/aromatic N) is 2. The van der Waals surface area contributed by atoms with E-state index in [2.05, 4.69) is 5.10 Å². The number of hydrogen-bond donors (Lipinski definition) is 0. The van der Waals surface area contributed by atoms with Crippen LogP contribution in [0.25, 0.3) is 6.08 Å². The summed E-state index contributed by atoms with van der Waals surface area (Å²) in [5, 5.41) is 4.76. The minimum Gasteiger partial charge on any atom is -0.256 e. The number of halogens is 1. The Morgan fingerprint density at radius 1 is 1.70 bits per heavy atom. The van der Waals surface area contributed by atoms with Crippen LogP contribution < -0.4 is 0 Å². The van der Waals surface area contributed by atoms with Crippen LogP contribution in [0.1, 0.15) is 12.6 Å². The zero-order valence-electron chi connectivity index (χ0n) is 6.00. The summed E-state index contributed by atoms with van der Waals surface area (Å²) in [6, 6.07) is 1.82. The number of aryl methyl sites for hydroxylation is 1. The van der Waals surface area contributed by atoms with Crippen LogP contribution in [0.5, 0.6) is 0 Å². The smallest absolute Gasteiger partial charge is 0.127 e.